The fraction of sp³-hybridized carbons (Fsp3) is 0.882. The Morgan fingerprint density at radius 3 is 2.39 bits per heavy atom. The summed E-state index contributed by atoms with van der Waals surface area (Å²) in [5.74, 6) is 0.215. The lowest BCUT2D eigenvalue weighted by molar-refractivity contribution is -0.131. The van der Waals surface area contributed by atoms with Crippen molar-refractivity contribution in [2.75, 3.05) is 13.1 Å². The zero-order valence-corrected chi connectivity index (χ0v) is 15.3. The molecule has 1 heterocycles. The highest BCUT2D eigenvalue weighted by atomic mass is 35.5. The van der Waals surface area contributed by atoms with Crippen LogP contribution in [-0.4, -0.2) is 41.9 Å². The van der Waals surface area contributed by atoms with E-state index in [2.05, 4.69) is 5.32 Å². The van der Waals surface area contributed by atoms with Crippen molar-refractivity contribution in [2.45, 2.75) is 77.3 Å². The number of hydrogen-bond donors (Lipinski definition) is 2. The summed E-state index contributed by atoms with van der Waals surface area (Å²) >= 11 is 0. The number of carbonyl (C=O) groups is 2. The lowest BCUT2D eigenvalue weighted by atomic mass is 9.81. The molecule has 6 heteroatoms. The zero-order valence-electron chi connectivity index (χ0n) is 14.5. The molecule has 0 spiro atoms. The van der Waals surface area contributed by atoms with E-state index >= 15 is 0 Å². The van der Waals surface area contributed by atoms with Crippen LogP contribution in [0, 0.1) is 5.41 Å². The first-order chi connectivity index (χ1) is 10.6. The van der Waals surface area contributed by atoms with E-state index < -0.39 is 5.41 Å². The van der Waals surface area contributed by atoms with Gasteiger partial charge in [-0.25, -0.2) is 0 Å². The molecule has 1 aliphatic carbocycles. The summed E-state index contributed by atoms with van der Waals surface area (Å²) < 4.78 is 0. The average Bonchev–Trinajstić information content (AvgIpc) is 2.91. The van der Waals surface area contributed by atoms with Crippen LogP contribution in [0.15, 0.2) is 0 Å². The van der Waals surface area contributed by atoms with Gasteiger partial charge in [-0.15, -0.1) is 12.4 Å². The lowest BCUT2D eigenvalue weighted by Crippen LogP contribution is -2.49. The molecule has 1 saturated heterocycles. The molecule has 1 saturated carbocycles. The predicted molar refractivity (Wildman–Crippen MR) is 94.5 cm³/mol. The van der Waals surface area contributed by atoms with E-state index in [0.717, 1.165) is 25.7 Å². The Bertz CT molecular complexity index is 398. The van der Waals surface area contributed by atoms with E-state index in [1.807, 2.05) is 18.7 Å². The summed E-state index contributed by atoms with van der Waals surface area (Å²) in [5, 5.41) is 3.09. The molecule has 5 nitrogen and oxygen atoms in total. The Labute approximate surface area is 146 Å². The summed E-state index contributed by atoms with van der Waals surface area (Å²) in [7, 11) is 0. The van der Waals surface area contributed by atoms with Crippen molar-refractivity contribution in [2.24, 2.45) is 11.1 Å². The normalized spacial score (nSPS) is 22.8. The van der Waals surface area contributed by atoms with Gasteiger partial charge in [0.1, 0.15) is 0 Å². The molecule has 3 N–H and O–H groups in total. The van der Waals surface area contributed by atoms with Crippen molar-refractivity contribution >= 4 is 24.2 Å². The SMILES string of the molecule is CCC(CC)(CN)C(=O)NC1CC(=O)N(C2CCCCC2)C1.Cl. The molecule has 134 valence electrons. The van der Waals surface area contributed by atoms with Gasteiger partial charge < -0.3 is 16.0 Å². The maximum Gasteiger partial charge on any atom is 0.227 e. The van der Waals surface area contributed by atoms with Crippen LogP contribution in [0.3, 0.4) is 0 Å². The highest BCUT2D eigenvalue weighted by Gasteiger charge is 2.39. The lowest BCUT2D eigenvalue weighted by Gasteiger charge is -2.32. The maximum absolute atomic E-state index is 12.6. The molecular formula is C17H32ClN3O2. The van der Waals surface area contributed by atoms with Crippen molar-refractivity contribution in [3.63, 3.8) is 0 Å². The molecule has 2 rings (SSSR count). The molecule has 0 aromatic carbocycles. The van der Waals surface area contributed by atoms with Gasteiger partial charge in [0.05, 0.1) is 11.5 Å². The molecule has 1 aliphatic heterocycles. The molecule has 2 amide bonds. The smallest absolute Gasteiger partial charge is 0.227 e. The molecule has 1 unspecified atom stereocenters. The Hall–Kier alpha value is -0.810. The maximum atomic E-state index is 12.6. The Morgan fingerprint density at radius 1 is 1.26 bits per heavy atom. The fourth-order valence-electron chi connectivity index (χ4n) is 3.86. The summed E-state index contributed by atoms with van der Waals surface area (Å²) in [6.07, 6.45) is 7.85. The molecular weight excluding hydrogens is 314 g/mol. The van der Waals surface area contributed by atoms with Crippen LogP contribution in [0.2, 0.25) is 0 Å². The Kier molecular flexibility index (Phi) is 7.81. The highest BCUT2D eigenvalue weighted by molar-refractivity contribution is 5.86. The number of nitrogens with zero attached hydrogens (tertiary/aromatic N) is 1. The van der Waals surface area contributed by atoms with E-state index in [9.17, 15) is 9.59 Å². The third kappa shape index (κ3) is 4.38. The minimum absolute atomic E-state index is 0. The van der Waals surface area contributed by atoms with Crippen LogP contribution in [0.4, 0.5) is 0 Å². The molecule has 0 radical (unpaired) electrons. The van der Waals surface area contributed by atoms with E-state index in [4.69, 9.17) is 5.73 Å². The minimum atomic E-state index is -0.485. The van der Waals surface area contributed by atoms with E-state index in [0.29, 0.717) is 25.6 Å². The molecule has 1 atom stereocenters. The second-order valence-electron chi connectivity index (χ2n) is 6.90. The van der Waals surface area contributed by atoms with Gasteiger partial charge in [0.25, 0.3) is 0 Å². The molecule has 0 aromatic heterocycles. The average molecular weight is 346 g/mol. The van der Waals surface area contributed by atoms with Gasteiger partial charge in [0, 0.05) is 25.6 Å². The summed E-state index contributed by atoms with van der Waals surface area (Å²) in [4.78, 5) is 26.9. The predicted octanol–water partition coefficient (Wildman–Crippen LogP) is 2.22. The number of carbonyl (C=O) groups excluding carboxylic acids is 2. The first-order valence-electron chi connectivity index (χ1n) is 8.86. The fourth-order valence-corrected chi connectivity index (χ4v) is 3.86. The summed E-state index contributed by atoms with van der Waals surface area (Å²) in [6, 6.07) is 0.339. The molecule has 2 fully saturated rings. The third-order valence-corrected chi connectivity index (χ3v) is 5.74. The van der Waals surface area contributed by atoms with Gasteiger partial charge in [0.15, 0.2) is 0 Å². The number of nitrogens with one attached hydrogen (secondary N) is 1. The van der Waals surface area contributed by atoms with Crippen LogP contribution >= 0.6 is 12.4 Å². The first kappa shape index (κ1) is 20.2. The van der Waals surface area contributed by atoms with Crippen molar-refractivity contribution in [1.29, 1.82) is 0 Å². The largest absolute Gasteiger partial charge is 0.351 e. The first-order valence-corrected chi connectivity index (χ1v) is 8.86. The second kappa shape index (κ2) is 8.88. The van der Waals surface area contributed by atoms with Crippen LogP contribution < -0.4 is 11.1 Å². The number of amides is 2. The number of hydrogen-bond acceptors (Lipinski definition) is 3. The minimum Gasteiger partial charge on any atom is -0.351 e. The van der Waals surface area contributed by atoms with Gasteiger partial charge >= 0.3 is 0 Å². The van der Waals surface area contributed by atoms with Crippen molar-refractivity contribution in [3.05, 3.63) is 0 Å². The van der Waals surface area contributed by atoms with E-state index in [1.165, 1.54) is 19.3 Å². The van der Waals surface area contributed by atoms with Crippen LogP contribution in [0.5, 0.6) is 0 Å². The Balaban J connectivity index is 0.00000264. The molecule has 2 aliphatic rings. The van der Waals surface area contributed by atoms with Crippen molar-refractivity contribution in [3.8, 4) is 0 Å². The number of rotatable bonds is 6. The number of halogens is 1. The van der Waals surface area contributed by atoms with E-state index in [1.54, 1.807) is 0 Å². The van der Waals surface area contributed by atoms with Crippen LogP contribution in [0.1, 0.15) is 65.2 Å². The van der Waals surface area contributed by atoms with Crippen LogP contribution in [0.25, 0.3) is 0 Å². The standard InChI is InChI=1S/C17H31N3O2.ClH/c1-3-17(4-2,12-18)16(22)19-13-10-15(21)20(11-13)14-8-6-5-7-9-14;/h13-14H,3-12,18H2,1-2H3,(H,19,22);1H. The summed E-state index contributed by atoms with van der Waals surface area (Å²) in [5.41, 5.74) is 5.35. The van der Waals surface area contributed by atoms with Gasteiger partial charge in [-0.3, -0.25) is 9.59 Å². The van der Waals surface area contributed by atoms with Gasteiger partial charge in [0.2, 0.25) is 11.8 Å². The Morgan fingerprint density at radius 2 is 1.87 bits per heavy atom. The summed E-state index contributed by atoms with van der Waals surface area (Å²) in [6.45, 7) is 5.04. The van der Waals surface area contributed by atoms with Crippen LogP contribution in [-0.2, 0) is 9.59 Å². The highest BCUT2D eigenvalue weighted by Crippen LogP contribution is 2.28. The monoisotopic (exact) mass is 345 g/mol. The molecule has 23 heavy (non-hydrogen) atoms. The molecule has 0 aromatic rings. The second-order valence-corrected chi connectivity index (χ2v) is 6.90. The number of nitrogens with two attached hydrogens (primary N) is 1. The van der Waals surface area contributed by atoms with E-state index in [-0.39, 0.29) is 30.3 Å². The third-order valence-electron chi connectivity index (χ3n) is 5.74. The quantitative estimate of drug-likeness (QED) is 0.775. The zero-order chi connectivity index (χ0) is 16.2. The number of likely N-dealkylation sites (tertiary alicyclic amines) is 1. The van der Waals surface area contributed by atoms with Crippen molar-refractivity contribution in [1.82, 2.24) is 10.2 Å². The van der Waals surface area contributed by atoms with Gasteiger partial charge in [-0.1, -0.05) is 33.1 Å². The molecule has 0 bridgehead atoms. The van der Waals surface area contributed by atoms with Gasteiger partial charge in [-0.2, -0.15) is 0 Å². The van der Waals surface area contributed by atoms with Crippen molar-refractivity contribution < 1.29 is 9.59 Å². The topological polar surface area (TPSA) is 75.4 Å². The van der Waals surface area contributed by atoms with Gasteiger partial charge in [-0.05, 0) is 25.7 Å².